The fraction of sp³-hybridized carbons (Fsp3) is 0.0714. The van der Waals surface area contributed by atoms with Crippen LogP contribution < -0.4 is 10.5 Å². The minimum atomic E-state index is -0.951. The summed E-state index contributed by atoms with van der Waals surface area (Å²) in [7, 11) is 0. The van der Waals surface area contributed by atoms with Crippen LogP contribution in [0.2, 0.25) is 5.02 Å². The van der Waals surface area contributed by atoms with E-state index in [-0.39, 0.29) is 16.3 Å². The molecule has 0 fully saturated rings. The molecule has 0 saturated carbocycles. The van der Waals surface area contributed by atoms with E-state index in [1.807, 2.05) is 0 Å². The minimum absolute atomic E-state index is 0.0531. The molecule has 0 saturated heterocycles. The molecule has 2 rings (SSSR count). The third kappa shape index (κ3) is 2.88. The van der Waals surface area contributed by atoms with Crippen molar-refractivity contribution in [1.82, 2.24) is 0 Å². The summed E-state index contributed by atoms with van der Waals surface area (Å²) in [5, 5.41) is 7.41. The Morgan fingerprint density at radius 1 is 1.20 bits per heavy atom. The maximum atomic E-state index is 13.8. The summed E-state index contributed by atoms with van der Waals surface area (Å²) < 4.78 is 32.9. The number of nitrogen functional groups attached to an aromatic ring is 1. The van der Waals surface area contributed by atoms with Gasteiger partial charge in [0.1, 0.15) is 11.6 Å². The Balaban J connectivity index is 2.44. The van der Waals surface area contributed by atoms with Gasteiger partial charge in [-0.05, 0) is 36.8 Å². The van der Waals surface area contributed by atoms with Gasteiger partial charge in [0, 0.05) is 5.56 Å². The molecular formula is C14H11ClF2N2O. The van der Waals surface area contributed by atoms with E-state index in [1.54, 1.807) is 25.1 Å². The van der Waals surface area contributed by atoms with Crippen LogP contribution in [0.4, 0.5) is 8.78 Å². The molecule has 0 heterocycles. The molecule has 0 aromatic heterocycles. The van der Waals surface area contributed by atoms with Crippen molar-refractivity contribution in [2.24, 2.45) is 5.73 Å². The molecule has 2 aromatic carbocycles. The van der Waals surface area contributed by atoms with Gasteiger partial charge in [0.05, 0.1) is 5.02 Å². The van der Waals surface area contributed by atoms with Crippen LogP contribution in [0.25, 0.3) is 0 Å². The maximum Gasteiger partial charge on any atom is 0.198 e. The smallest absolute Gasteiger partial charge is 0.198 e. The van der Waals surface area contributed by atoms with E-state index in [0.717, 1.165) is 17.7 Å². The summed E-state index contributed by atoms with van der Waals surface area (Å²) in [5.41, 5.74) is 5.97. The van der Waals surface area contributed by atoms with E-state index in [0.29, 0.717) is 0 Å². The number of halogens is 3. The number of nitrogens with two attached hydrogens (primary N) is 1. The van der Waals surface area contributed by atoms with Gasteiger partial charge >= 0.3 is 0 Å². The molecular weight excluding hydrogens is 286 g/mol. The number of hydrogen-bond acceptors (Lipinski definition) is 2. The van der Waals surface area contributed by atoms with Crippen molar-refractivity contribution in [1.29, 1.82) is 5.41 Å². The lowest BCUT2D eigenvalue weighted by atomic mass is 10.2. The van der Waals surface area contributed by atoms with Crippen molar-refractivity contribution in [2.45, 2.75) is 6.92 Å². The van der Waals surface area contributed by atoms with Crippen LogP contribution in [0, 0.1) is 24.0 Å². The first-order valence-electron chi connectivity index (χ1n) is 5.66. The van der Waals surface area contributed by atoms with Crippen molar-refractivity contribution < 1.29 is 13.5 Å². The van der Waals surface area contributed by atoms with Crippen LogP contribution in [-0.4, -0.2) is 5.84 Å². The van der Waals surface area contributed by atoms with Gasteiger partial charge < -0.3 is 10.5 Å². The summed E-state index contributed by atoms with van der Waals surface area (Å²) in [4.78, 5) is 0. The van der Waals surface area contributed by atoms with E-state index >= 15 is 0 Å². The van der Waals surface area contributed by atoms with E-state index in [4.69, 9.17) is 27.5 Å². The van der Waals surface area contributed by atoms with Gasteiger partial charge in [-0.2, -0.15) is 0 Å². The lowest BCUT2D eigenvalue weighted by Crippen LogP contribution is -2.12. The Hall–Kier alpha value is -2.14. The predicted octanol–water partition coefficient (Wildman–Crippen LogP) is 4.00. The molecule has 0 atom stereocenters. The van der Waals surface area contributed by atoms with Gasteiger partial charge in [0.15, 0.2) is 17.4 Å². The summed E-state index contributed by atoms with van der Waals surface area (Å²) in [6.45, 7) is 1.80. The highest BCUT2D eigenvalue weighted by atomic mass is 35.5. The Morgan fingerprint density at radius 2 is 1.80 bits per heavy atom. The molecule has 0 aliphatic rings. The first-order valence-corrected chi connectivity index (χ1v) is 6.03. The Kier molecular flexibility index (Phi) is 3.90. The molecule has 0 unspecified atom stereocenters. The second-order valence-electron chi connectivity index (χ2n) is 4.22. The molecule has 20 heavy (non-hydrogen) atoms. The van der Waals surface area contributed by atoms with E-state index < -0.39 is 23.2 Å². The third-order valence-electron chi connectivity index (χ3n) is 2.61. The van der Waals surface area contributed by atoms with Gasteiger partial charge in [-0.1, -0.05) is 17.7 Å². The average molecular weight is 297 g/mol. The Morgan fingerprint density at radius 3 is 2.35 bits per heavy atom. The molecule has 0 aliphatic carbocycles. The molecule has 104 valence electrons. The van der Waals surface area contributed by atoms with Crippen LogP contribution in [0.3, 0.4) is 0 Å². The van der Waals surface area contributed by atoms with E-state index in [9.17, 15) is 8.78 Å². The fourth-order valence-corrected chi connectivity index (χ4v) is 1.77. The van der Waals surface area contributed by atoms with Gasteiger partial charge in [0.2, 0.25) is 0 Å². The Labute approximate surface area is 119 Å². The van der Waals surface area contributed by atoms with Crippen LogP contribution in [0.5, 0.6) is 11.5 Å². The molecule has 6 heteroatoms. The number of ether oxygens (including phenoxy) is 1. The quantitative estimate of drug-likeness (QED) is 0.664. The van der Waals surface area contributed by atoms with Crippen molar-refractivity contribution in [3.8, 4) is 11.5 Å². The van der Waals surface area contributed by atoms with Gasteiger partial charge in [-0.25, -0.2) is 8.78 Å². The van der Waals surface area contributed by atoms with Crippen molar-refractivity contribution >= 4 is 17.4 Å². The molecule has 3 N–H and O–H groups in total. The Bertz CT molecular complexity index is 666. The largest absolute Gasteiger partial charge is 0.450 e. The van der Waals surface area contributed by atoms with Crippen LogP contribution >= 0.6 is 11.6 Å². The molecule has 0 bridgehead atoms. The summed E-state index contributed by atoms with van der Waals surface area (Å²) in [5.74, 6) is -2.76. The van der Waals surface area contributed by atoms with Crippen LogP contribution in [0.15, 0.2) is 30.3 Å². The molecule has 0 radical (unpaired) electrons. The zero-order valence-corrected chi connectivity index (χ0v) is 11.3. The fourth-order valence-electron chi connectivity index (χ4n) is 1.61. The number of rotatable bonds is 3. The van der Waals surface area contributed by atoms with Gasteiger partial charge in [-0.15, -0.1) is 0 Å². The molecule has 2 aromatic rings. The lowest BCUT2D eigenvalue weighted by Gasteiger charge is -2.11. The molecule has 0 aliphatic heterocycles. The SMILES string of the molecule is Cc1ccc(Cl)c(Oc2c(F)cc(C(=N)N)cc2F)c1. The van der Waals surface area contributed by atoms with Gasteiger partial charge in [0.25, 0.3) is 0 Å². The minimum Gasteiger partial charge on any atom is -0.450 e. The third-order valence-corrected chi connectivity index (χ3v) is 2.92. The highest BCUT2D eigenvalue weighted by Crippen LogP contribution is 2.33. The summed E-state index contributed by atoms with van der Waals surface area (Å²) >= 11 is 5.91. The normalized spacial score (nSPS) is 10.4. The number of amidine groups is 1. The second kappa shape index (κ2) is 5.46. The van der Waals surface area contributed by atoms with E-state index in [2.05, 4.69) is 0 Å². The number of nitrogens with one attached hydrogen (secondary N) is 1. The highest BCUT2D eigenvalue weighted by Gasteiger charge is 2.16. The van der Waals surface area contributed by atoms with Crippen LogP contribution in [0.1, 0.15) is 11.1 Å². The average Bonchev–Trinajstić information content (AvgIpc) is 2.37. The number of hydrogen-bond donors (Lipinski definition) is 2. The van der Waals surface area contributed by atoms with Crippen molar-refractivity contribution in [2.75, 3.05) is 0 Å². The summed E-state index contributed by atoms with van der Waals surface area (Å²) in [6, 6.07) is 6.77. The highest BCUT2D eigenvalue weighted by molar-refractivity contribution is 6.32. The van der Waals surface area contributed by atoms with E-state index in [1.165, 1.54) is 0 Å². The monoisotopic (exact) mass is 296 g/mol. The predicted molar refractivity (Wildman–Crippen MR) is 73.6 cm³/mol. The topological polar surface area (TPSA) is 59.1 Å². The first kappa shape index (κ1) is 14.3. The van der Waals surface area contributed by atoms with Crippen LogP contribution in [-0.2, 0) is 0 Å². The molecule has 0 spiro atoms. The second-order valence-corrected chi connectivity index (χ2v) is 4.63. The number of benzene rings is 2. The van der Waals surface area contributed by atoms with Crippen molar-refractivity contribution in [3.05, 3.63) is 58.1 Å². The van der Waals surface area contributed by atoms with Gasteiger partial charge in [-0.3, -0.25) is 5.41 Å². The lowest BCUT2D eigenvalue weighted by molar-refractivity contribution is 0.407. The first-order chi connectivity index (χ1) is 9.38. The zero-order chi connectivity index (χ0) is 14.9. The summed E-state index contributed by atoms with van der Waals surface area (Å²) in [6.07, 6.45) is 0. The number of aryl methyl sites for hydroxylation is 1. The molecule has 3 nitrogen and oxygen atoms in total. The molecule has 0 amide bonds. The maximum absolute atomic E-state index is 13.8. The zero-order valence-electron chi connectivity index (χ0n) is 10.5. The van der Waals surface area contributed by atoms with Crippen molar-refractivity contribution in [3.63, 3.8) is 0 Å². The standard InChI is InChI=1S/C14H11ClF2N2O/c1-7-2-3-9(15)12(4-7)20-13-10(16)5-8(14(18)19)6-11(13)17/h2-6H,1H3,(H3,18,19).